The number of aromatic amines is 1. The molecule has 0 fully saturated rings. The fraction of sp³-hybridized carbons (Fsp3) is 0.176. The van der Waals surface area contributed by atoms with Crippen LogP contribution >= 0.6 is 0 Å². The maximum atomic E-state index is 12.5. The van der Waals surface area contributed by atoms with Crippen molar-refractivity contribution in [3.05, 3.63) is 65.1 Å². The van der Waals surface area contributed by atoms with Gasteiger partial charge < -0.3 is 10.3 Å². The Morgan fingerprint density at radius 2 is 2.05 bits per heavy atom. The van der Waals surface area contributed by atoms with Crippen LogP contribution in [0.1, 0.15) is 27.3 Å². The fourth-order valence-electron chi connectivity index (χ4n) is 2.60. The third-order valence-corrected chi connectivity index (χ3v) is 3.60. The van der Waals surface area contributed by atoms with E-state index >= 15 is 0 Å². The van der Waals surface area contributed by atoms with E-state index < -0.39 is 0 Å². The molecule has 2 N–H and O–H groups in total. The van der Waals surface area contributed by atoms with Crippen molar-refractivity contribution in [3.8, 4) is 0 Å². The molecule has 0 saturated heterocycles. The Bertz CT molecular complexity index is 790. The lowest BCUT2D eigenvalue weighted by Gasteiger charge is -2.06. The number of carbonyl (C=O) groups excluding carboxylic acids is 1. The van der Waals surface area contributed by atoms with Crippen molar-refractivity contribution in [2.45, 2.75) is 20.4 Å². The molecule has 0 radical (unpaired) electrons. The minimum absolute atomic E-state index is 0.0706. The van der Waals surface area contributed by atoms with Crippen LogP contribution in [0.5, 0.6) is 0 Å². The summed E-state index contributed by atoms with van der Waals surface area (Å²) in [7, 11) is 0. The van der Waals surface area contributed by atoms with Crippen LogP contribution in [0.2, 0.25) is 0 Å². The molecule has 0 aliphatic carbocycles. The number of nitrogens with zero attached hydrogens (tertiary/aromatic N) is 1. The number of nitrogens with one attached hydrogen (secondary N) is 2. The maximum Gasteiger partial charge on any atom is 0.254 e. The predicted octanol–water partition coefficient (Wildman–Crippen LogP) is 3.11. The minimum Gasteiger partial charge on any atom is -0.358 e. The Balaban J connectivity index is 1.90. The molecule has 1 aromatic carbocycles. The van der Waals surface area contributed by atoms with Gasteiger partial charge in [-0.15, -0.1) is 0 Å². The zero-order valence-electron chi connectivity index (χ0n) is 12.1. The van der Waals surface area contributed by atoms with Gasteiger partial charge in [0.2, 0.25) is 0 Å². The summed E-state index contributed by atoms with van der Waals surface area (Å²) in [6.45, 7) is 4.37. The predicted molar refractivity (Wildman–Crippen MR) is 83.2 cm³/mol. The highest BCUT2D eigenvalue weighted by Crippen LogP contribution is 2.25. The molecule has 0 saturated carbocycles. The van der Waals surface area contributed by atoms with E-state index in [1.807, 2.05) is 50.2 Å². The van der Waals surface area contributed by atoms with Crippen LogP contribution in [0, 0.1) is 13.8 Å². The number of carbonyl (C=O) groups is 1. The van der Waals surface area contributed by atoms with Crippen molar-refractivity contribution >= 4 is 16.8 Å². The molecule has 21 heavy (non-hydrogen) atoms. The average molecular weight is 279 g/mol. The second-order valence-corrected chi connectivity index (χ2v) is 5.13. The SMILES string of the molecule is Cc1[nH]c2cccc(C)c2c1C(=O)NCc1ccccn1. The summed E-state index contributed by atoms with van der Waals surface area (Å²) in [6.07, 6.45) is 1.72. The summed E-state index contributed by atoms with van der Waals surface area (Å²) < 4.78 is 0. The molecule has 1 amide bonds. The molecule has 0 atom stereocenters. The van der Waals surface area contributed by atoms with Gasteiger partial charge in [0.1, 0.15) is 0 Å². The molecule has 0 unspecified atom stereocenters. The molecule has 0 aliphatic rings. The number of hydrogen-bond acceptors (Lipinski definition) is 2. The number of pyridine rings is 1. The molecule has 4 heteroatoms. The van der Waals surface area contributed by atoms with Crippen LogP contribution in [0.25, 0.3) is 10.9 Å². The Morgan fingerprint density at radius 1 is 1.19 bits per heavy atom. The monoisotopic (exact) mass is 279 g/mol. The summed E-state index contributed by atoms with van der Waals surface area (Å²) in [5.74, 6) is -0.0706. The van der Waals surface area contributed by atoms with Gasteiger partial charge in [-0.3, -0.25) is 9.78 Å². The molecule has 0 bridgehead atoms. The van der Waals surface area contributed by atoms with E-state index in [0.717, 1.165) is 33.4 Å². The molecular weight excluding hydrogens is 262 g/mol. The molecule has 0 aliphatic heterocycles. The quantitative estimate of drug-likeness (QED) is 0.774. The number of aryl methyl sites for hydroxylation is 2. The van der Waals surface area contributed by atoms with Gasteiger partial charge in [0.05, 0.1) is 17.8 Å². The highest BCUT2D eigenvalue weighted by atomic mass is 16.1. The van der Waals surface area contributed by atoms with Crippen LogP contribution in [0.15, 0.2) is 42.6 Å². The zero-order chi connectivity index (χ0) is 14.8. The number of H-pyrrole nitrogens is 1. The standard InChI is InChI=1S/C17H17N3O/c1-11-6-5-8-14-15(11)16(12(2)20-14)17(21)19-10-13-7-3-4-9-18-13/h3-9,20H,10H2,1-2H3,(H,19,21). The largest absolute Gasteiger partial charge is 0.358 e. The first kappa shape index (κ1) is 13.4. The molecule has 3 aromatic rings. The Kier molecular flexibility index (Phi) is 3.44. The van der Waals surface area contributed by atoms with Gasteiger partial charge in [0, 0.05) is 22.8 Å². The lowest BCUT2D eigenvalue weighted by Crippen LogP contribution is -2.23. The van der Waals surface area contributed by atoms with Gasteiger partial charge >= 0.3 is 0 Å². The van der Waals surface area contributed by atoms with Crippen molar-refractivity contribution in [2.75, 3.05) is 0 Å². The van der Waals surface area contributed by atoms with E-state index in [4.69, 9.17) is 0 Å². The van der Waals surface area contributed by atoms with E-state index in [1.54, 1.807) is 6.20 Å². The van der Waals surface area contributed by atoms with E-state index in [2.05, 4.69) is 15.3 Å². The summed E-state index contributed by atoms with van der Waals surface area (Å²) in [5, 5.41) is 3.93. The van der Waals surface area contributed by atoms with Crippen molar-refractivity contribution in [1.82, 2.24) is 15.3 Å². The number of hydrogen-bond donors (Lipinski definition) is 2. The van der Waals surface area contributed by atoms with Crippen LogP contribution in [0.4, 0.5) is 0 Å². The molecule has 106 valence electrons. The summed E-state index contributed by atoms with van der Waals surface area (Å²) in [4.78, 5) is 20.0. The van der Waals surface area contributed by atoms with E-state index in [9.17, 15) is 4.79 Å². The van der Waals surface area contributed by atoms with Crippen LogP contribution in [0.3, 0.4) is 0 Å². The molecule has 2 heterocycles. The lowest BCUT2D eigenvalue weighted by atomic mass is 10.1. The molecular formula is C17H17N3O. The number of rotatable bonds is 3. The van der Waals surface area contributed by atoms with Crippen molar-refractivity contribution < 1.29 is 4.79 Å². The Morgan fingerprint density at radius 3 is 2.81 bits per heavy atom. The van der Waals surface area contributed by atoms with Gasteiger partial charge in [0.15, 0.2) is 0 Å². The van der Waals surface area contributed by atoms with Crippen LogP contribution in [-0.2, 0) is 6.54 Å². The first-order chi connectivity index (χ1) is 10.2. The van der Waals surface area contributed by atoms with Crippen LogP contribution < -0.4 is 5.32 Å². The zero-order valence-corrected chi connectivity index (χ0v) is 12.1. The lowest BCUT2D eigenvalue weighted by molar-refractivity contribution is 0.0951. The summed E-state index contributed by atoms with van der Waals surface area (Å²) in [5.41, 5.74) is 4.55. The van der Waals surface area contributed by atoms with E-state index in [0.29, 0.717) is 6.54 Å². The topological polar surface area (TPSA) is 57.8 Å². The average Bonchev–Trinajstić information content (AvgIpc) is 2.83. The highest BCUT2D eigenvalue weighted by Gasteiger charge is 2.17. The molecule has 3 rings (SSSR count). The van der Waals surface area contributed by atoms with Crippen molar-refractivity contribution in [1.29, 1.82) is 0 Å². The van der Waals surface area contributed by atoms with Gasteiger partial charge in [-0.25, -0.2) is 0 Å². The number of benzene rings is 1. The summed E-state index contributed by atoms with van der Waals surface area (Å²) >= 11 is 0. The van der Waals surface area contributed by atoms with Gasteiger partial charge in [0.25, 0.3) is 5.91 Å². The Hall–Kier alpha value is -2.62. The maximum absolute atomic E-state index is 12.5. The Labute approximate surface area is 123 Å². The highest BCUT2D eigenvalue weighted by molar-refractivity contribution is 6.09. The second-order valence-electron chi connectivity index (χ2n) is 5.13. The number of aromatic nitrogens is 2. The first-order valence-electron chi connectivity index (χ1n) is 6.93. The molecule has 2 aromatic heterocycles. The summed E-state index contributed by atoms with van der Waals surface area (Å²) in [6, 6.07) is 11.7. The van der Waals surface area contributed by atoms with Crippen molar-refractivity contribution in [2.24, 2.45) is 0 Å². The normalized spacial score (nSPS) is 10.8. The fourth-order valence-corrected chi connectivity index (χ4v) is 2.60. The van der Waals surface area contributed by atoms with Gasteiger partial charge in [-0.1, -0.05) is 18.2 Å². The molecule has 4 nitrogen and oxygen atoms in total. The minimum atomic E-state index is -0.0706. The third-order valence-electron chi connectivity index (χ3n) is 3.60. The second kappa shape index (κ2) is 5.40. The smallest absolute Gasteiger partial charge is 0.254 e. The van der Waals surface area contributed by atoms with Gasteiger partial charge in [-0.05, 0) is 37.6 Å². The molecule has 0 spiro atoms. The van der Waals surface area contributed by atoms with E-state index in [1.165, 1.54) is 0 Å². The number of amides is 1. The van der Waals surface area contributed by atoms with E-state index in [-0.39, 0.29) is 5.91 Å². The third kappa shape index (κ3) is 2.52. The number of fused-ring (bicyclic) bond motifs is 1. The van der Waals surface area contributed by atoms with Gasteiger partial charge in [-0.2, -0.15) is 0 Å². The van der Waals surface area contributed by atoms with Crippen LogP contribution in [-0.4, -0.2) is 15.9 Å². The van der Waals surface area contributed by atoms with Crippen molar-refractivity contribution in [3.63, 3.8) is 0 Å². The first-order valence-corrected chi connectivity index (χ1v) is 6.93.